The van der Waals surface area contributed by atoms with Crippen LogP contribution in [0.2, 0.25) is 0 Å². The molecule has 1 heterocycles. The fourth-order valence-electron chi connectivity index (χ4n) is 1.97. The number of nitrogens with two attached hydrogens (primary N) is 2. The molecule has 0 saturated carbocycles. The molecule has 0 aliphatic heterocycles. The van der Waals surface area contributed by atoms with Crippen LogP contribution in [0, 0.1) is 0 Å². The molecule has 20 heavy (non-hydrogen) atoms. The molecule has 0 fully saturated rings. The third-order valence-corrected chi connectivity index (χ3v) is 2.80. The Morgan fingerprint density at radius 1 is 1.30 bits per heavy atom. The number of amides is 1. The lowest BCUT2D eigenvalue weighted by Crippen LogP contribution is -2.33. The summed E-state index contributed by atoms with van der Waals surface area (Å²) in [4.78, 5) is 13.1. The molecule has 1 aromatic heterocycles. The minimum absolute atomic E-state index is 0.168. The Morgan fingerprint density at radius 2 is 2.00 bits per heavy atom. The van der Waals surface area contributed by atoms with Gasteiger partial charge >= 0.3 is 0 Å². The smallest absolute Gasteiger partial charge is 0.231 e. The number of hydrogen-bond acceptors (Lipinski definition) is 5. The summed E-state index contributed by atoms with van der Waals surface area (Å²) in [6.07, 6.45) is 1.82. The molecule has 0 aliphatic rings. The van der Waals surface area contributed by atoms with Gasteiger partial charge in [0.25, 0.3) is 0 Å². The number of aryl methyl sites for hydroxylation is 1. The second kappa shape index (κ2) is 6.16. The van der Waals surface area contributed by atoms with Crippen molar-refractivity contribution in [1.82, 2.24) is 19.9 Å². The largest absolute Gasteiger partial charge is 0.399 e. The van der Waals surface area contributed by atoms with Crippen LogP contribution in [0.25, 0.3) is 0 Å². The maximum Gasteiger partial charge on any atom is 0.231 e. The van der Waals surface area contributed by atoms with Gasteiger partial charge in [-0.2, -0.15) is 0 Å². The number of anilines is 1. The summed E-state index contributed by atoms with van der Waals surface area (Å²) in [7, 11) is 1.80. The molecule has 7 heteroatoms. The van der Waals surface area contributed by atoms with Crippen molar-refractivity contribution in [3.63, 3.8) is 0 Å². The normalized spacial score (nSPS) is 10.9. The Morgan fingerprint density at radius 3 is 2.55 bits per heavy atom. The highest BCUT2D eigenvalue weighted by Gasteiger charge is 2.12. The van der Waals surface area contributed by atoms with Crippen LogP contribution in [0.5, 0.6) is 0 Å². The number of hydrogen-bond donors (Lipinski definition) is 2. The van der Waals surface area contributed by atoms with E-state index in [-0.39, 0.29) is 12.5 Å². The van der Waals surface area contributed by atoms with Crippen molar-refractivity contribution >= 4 is 11.6 Å². The summed E-state index contributed by atoms with van der Waals surface area (Å²) in [5.41, 5.74) is 13.5. The summed E-state index contributed by atoms with van der Waals surface area (Å²) < 4.78 is 1.63. The van der Waals surface area contributed by atoms with Gasteiger partial charge in [0.05, 0.1) is 12.2 Å². The molecule has 0 radical (unpaired) electrons. The Bertz CT molecular complexity index is 577. The number of aromatic nitrogens is 3. The molecule has 1 amide bonds. The average Bonchev–Trinajstić information content (AvgIpc) is 2.77. The van der Waals surface area contributed by atoms with Gasteiger partial charge in [-0.25, -0.2) is 0 Å². The maximum absolute atomic E-state index is 11.2. The molecule has 0 bridgehead atoms. The molecule has 0 saturated heterocycles. The first-order chi connectivity index (χ1) is 9.52. The van der Waals surface area contributed by atoms with E-state index in [1.54, 1.807) is 11.7 Å². The van der Waals surface area contributed by atoms with Crippen molar-refractivity contribution in [3.8, 4) is 0 Å². The molecule has 0 atom stereocenters. The summed E-state index contributed by atoms with van der Waals surface area (Å²) in [6.45, 7) is 1.28. The number of benzene rings is 1. The summed E-state index contributed by atoms with van der Waals surface area (Å²) in [5.74, 6) is -0.371. The highest BCUT2D eigenvalue weighted by molar-refractivity contribution is 5.75. The molecular weight excluding hydrogens is 256 g/mol. The van der Waals surface area contributed by atoms with Crippen LogP contribution >= 0.6 is 0 Å². The second-order valence-corrected chi connectivity index (χ2v) is 4.74. The van der Waals surface area contributed by atoms with Crippen LogP contribution in [0.4, 0.5) is 5.69 Å². The van der Waals surface area contributed by atoms with Crippen LogP contribution in [0.1, 0.15) is 11.3 Å². The highest BCUT2D eigenvalue weighted by Crippen LogP contribution is 2.10. The van der Waals surface area contributed by atoms with E-state index >= 15 is 0 Å². The number of nitrogen functional groups attached to an aromatic ring is 1. The van der Waals surface area contributed by atoms with E-state index in [0.29, 0.717) is 18.8 Å². The van der Waals surface area contributed by atoms with E-state index in [2.05, 4.69) is 10.3 Å². The zero-order valence-electron chi connectivity index (χ0n) is 11.4. The molecule has 2 aromatic rings. The van der Waals surface area contributed by atoms with Gasteiger partial charge in [-0.1, -0.05) is 17.3 Å². The summed E-state index contributed by atoms with van der Waals surface area (Å²) >= 11 is 0. The number of carbonyl (C=O) groups is 1. The maximum atomic E-state index is 11.2. The van der Waals surface area contributed by atoms with Crippen LogP contribution in [0.15, 0.2) is 30.5 Å². The lowest BCUT2D eigenvalue weighted by atomic mass is 10.2. The van der Waals surface area contributed by atoms with Crippen molar-refractivity contribution in [2.75, 3.05) is 12.3 Å². The Hall–Kier alpha value is -2.41. The van der Waals surface area contributed by atoms with Crippen LogP contribution < -0.4 is 11.5 Å². The third kappa shape index (κ3) is 4.06. The first-order valence-electron chi connectivity index (χ1n) is 6.23. The van der Waals surface area contributed by atoms with Crippen molar-refractivity contribution in [2.45, 2.75) is 13.1 Å². The highest BCUT2D eigenvalue weighted by atomic mass is 16.1. The Labute approximate surface area is 117 Å². The van der Waals surface area contributed by atoms with Gasteiger partial charge in [-0.3, -0.25) is 14.4 Å². The first-order valence-corrected chi connectivity index (χ1v) is 6.23. The number of nitrogens with zero attached hydrogens (tertiary/aromatic N) is 4. The number of carbonyl (C=O) groups excluding carboxylic acids is 1. The van der Waals surface area contributed by atoms with E-state index in [4.69, 9.17) is 11.5 Å². The standard InChI is InChI=1S/C13H18N6O/c1-18-7-12(16-17-18)8-19(9-13(15)20)6-10-2-4-11(14)5-3-10/h2-5,7H,6,8-9,14H2,1H3,(H2,15,20). The number of primary amides is 1. The van der Waals surface area contributed by atoms with Crippen LogP contribution in [-0.2, 0) is 24.9 Å². The van der Waals surface area contributed by atoms with Gasteiger partial charge in [0.1, 0.15) is 0 Å². The molecule has 106 valence electrons. The van der Waals surface area contributed by atoms with E-state index in [1.165, 1.54) is 0 Å². The average molecular weight is 274 g/mol. The quantitative estimate of drug-likeness (QED) is 0.715. The molecule has 0 aliphatic carbocycles. The van der Waals surface area contributed by atoms with Crippen molar-refractivity contribution in [1.29, 1.82) is 0 Å². The summed E-state index contributed by atoms with van der Waals surface area (Å²) in [6, 6.07) is 7.53. The fourth-order valence-corrected chi connectivity index (χ4v) is 1.97. The van der Waals surface area contributed by atoms with Gasteiger partial charge in [0.2, 0.25) is 5.91 Å². The molecule has 2 rings (SSSR count). The third-order valence-electron chi connectivity index (χ3n) is 2.80. The minimum atomic E-state index is -0.371. The molecule has 0 unspecified atom stereocenters. The Balaban J connectivity index is 2.06. The topological polar surface area (TPSA) is 103 Å². The zero-order chi connectivity index (χ0) is 14.5. The van der Waals surface area contributed by atoms with Gasteiger partial charge in [0.15, 0.2) is 0 Å². The van der Waals surface area contributed by atoms with E-state index in [9.17, 15) is 4.79 Å². The second-order valence-electron chi connectivity index (χ2n) is 4.74. The molecular formula is C13H18N6O. The SMILES string of the molecule is Cn1cc(CN(CC(N)=O)Cc2ccc(N)cc2)nn1. The van der Waals surface area contributed by atoms with E-state index in [0.717, 1.165) is 11.3 Å². The van der Waals surface area contributed by atoms with Gasteiger partial charge < -0.3 is 11.5 Å². The van der Waals surface area contributed by atoms with Crippen LogP contribution in [0.3, 0.4) is 0 Å². The lowest BCUT2D eigenvalue weighted by Gasteiger charge is -2.19. The fraction of sp³-hybridized carbons (Fsp3) is 0.308. The zero-order valence-corrected chi connectivity index (χ0v) is 11.4. The first kappa shape index (κ1) is 14.0. The predicted octanol–water partition coefficient (Wildman–Crippen LogP) is -0.115. The monoisotopic (exact) mass is 274 g/mol. The Kier molecular flexibility index (Phi) is 4.31. The molecule has 1 aromatic carbocycles. The van der Waals surface area contributed by atoms with Gasteiger partial charge in [-0.05, 0) is 17.7 Å². The summed E-state index contributed by atoms with van der Waals surface area (Å²) in [5, 5.41) is 7.89. The lowest BCUT2D eigenvalue weighted by molar-refractivity contribution is -0.119. The van der Waals surface area contributed by atoms with E-state index < -0.39 is 0 Å². The van der Waals surface area contributed by atoms with Crippen LogP contribution in [-0.4, -0.2) is 32.3 Å². The minimum Gasteiger partial charge on any atom is -0.399 e. The van der Waals surface area contributed by atoms with Crippen molar-refractivity contribution in [2.24, 2.45) is 12.8 Å². The van der Waals surface area contributed by atoms with Gasteiger partial charge in [0, 0.05) is 32.0 Å². The molecule has 0 spiro atoms. The number of rotatable bonds is 6. The molecule has 4 N–H and O–H groups in total. The van der Waals surface area contributed by atoms with E-state index in [1.807, 2.05) is 35.4 Å². The molecule has 7 nitrogen and oxygen atoms in total. The predicted molar refractivity (Wildman–Crippen MR) is 75.2 cm³/mol. The van der Waals surface area contributed by atoms with Crippen molar-refractivity contribution in [3.05, 3.63) is 41.7 Å². The van der Waals surface area contributed by atoms with Gasteiger partial charge in [-0.15, -0.1) is 5.10 Å². The van der Waals surface area contributed by atoms with Crippen molar-refractivity contribution < 1.29 is 4.79 Å².